The van der Waals surface area contributed by atoms with E-state index in [1.165, 1.54) is 6.92 Å². The molecule has 1 aliphatic rings. The van der Waals surface area contributed by atoms with Gasteiger partial charge in [-0.1, -0.05) is 0 Å². The zero-order chi connectivity index (χ0) is 19.7. The van der Waals surface area contributed by atoms with Gasteiger partial charge >= 0.3 is 5.97 Å². The molecule has 27 heavy (non-hydrogen) atoms. The average Bonchev–Trinajstić information content (AvgIpc) is 3.06. The van der Waals surface area contributed by atoms with Crippen molar-refractivity contribution in [1.29, 1.82) is 0 Å². The zero-order valence-corrected chi connectivity index (χ0v) is 15.8. The molecule has 0 radical (unpaired) electrons. The first kappa shape index (κ1) is 18.7. The molecule has 2 amide bonds. The van der Waals surface area contributed by atoms with E-state index in [0.717, 1.165) is 34.4 Å². The molecular weight excluding hydrogens is 366 g/mol. The van der Waals surface area contributed by atoms with E-state index in [9.17, 15) is 14.4 Å². The van der Waals surface area contributed by atoms with Crippen molar-refractivity contribution in [1.82, 2.24) is 9.88 Å². The first-order chi connectivity index (χ1) is 12.8. The summed E-state index contributed by atoms with van der Waals surface area (Å²) in [6, 6.07) is 8.54. The molecule has 0 atom stereocenters. The average molecular weight is 383 g/mol. The molecule has 0 fully saturated rings. The number of carbonyl (C=O) groups is 3. The fourth-order valence-electron chi connectivity index (χ4n) is 2.84. The molecule has 3 rings (SSSR count). The van der Waals surface area contributed by atoms with Gasteiger partial charge in [-0.2, -0.15) is 4.99 Å². The Labute approximate surface area is 159 Å². The lowest BCUT2D eigenvalue weighted by Gasteiger charge is -2.10. The van der Waals surface area contributed by atoms with Crippen LogP contribution in [0.1, 0.15) is 34.2 Å². The van der Waals surface area contributed by atoms with Crippen LogP contribution >= 0.6 is 11.8 Å². The molecular formula is C19H17N3O4S. The summed E-state index contributed by atoms with van der Waals surface area (Å²) in [5.74, 6) is -1.64. The minimum Gasteiger partial charge on any atom is -0.478 e. The number of carboxylic acids is 1. The minimum absolute atomic E-state index is 0.221. The first-order valence-electron chi connectivity index (χ1n) is 8.09. The van der Waals surface area contributed by atoms with Gasteiger partial charge in [0.2, 0.25) is 5.91 Å². The van der Waals surface area contributed by atoms with Gasteiger partial charge in [-0.25, -0.2) is 4.79 Å². The predicted molar refractivity (Wildman–Crippen MR) is 104 cm³/mol. The van der Waals surface area contributed by atoms with Gasteiger partial charge < -0.3 is 15.0 Å². The number of carbonyl (C=O) groups excluding carboxylic acids is 2. The SMILES string of the molecule is CC(=O)NC1=NC(=O)/C(=C/c2cc(C)n(-c3ccc(C(=O)O)cc3)c2C)S1. The van der Waals surface area contributed by atoms with Crippen LogP contribution in [0.15, 0.2) is 40.2 Å². The summed E-state index contributed by atoms with van der Waals surface area (Å²) in [5.41, 5.74) is 3.76. The van der Waals surface area contributed by atoms with E-state index in [2.05, 4.69) is 10.3 Å². The number of aliphatic imine (C=N–C) groups is 1. The quantitative estimate of drug-likeness (QED) is 0.794. The number of aromatic nitrogens is 1. The summed E-state index contributed by atoms with van der Waals surface area (Å²) in [5, 5.41) is 11.8. The van der Waals surface area contributed by atoms with Crippen LogP contribution in [0, 0.1) is 13.8 Å². The molecule has 8 heteroatoms. The highest BCUT2D eigenvalue weighted by molar-refractivity contribution is 8.18. The normalized spacial score (nSPS) is 15.1. The largest absolute Gasteiger partial charge is 0.478 e. The van der Waals surface area contributed by atoms with Gasteiger partial charge in [0.1, 0.15) is 0 Å². The molecule has 0 aliphatic carbocycles. The molecule has 1 aromatic carbocycles. The van der Waals surface area contributed by atoms with Gasteiger partial charge in [0.25, 0.3) is 5.91 Å². The van der Waals surface area contributed by atoms with Crippen LogP contribution in [0.5, 0.6) is 0 Å². The minimum atomic E-state index is -0.973. The van der Waals surface area contributed by atoms with Crippen molar-refractivity contribution in [3.8, 4) is 5.69 Å². The topological polar surface area (TPSA) is 101 Å². The number of hydrogen-bond acceptors (Lipinski definition) is 4. The number of aromatic carboxylic acids is 1. The molecule has 0 unspecified atom stereocenters. The van der Waals surface area contributed by atoms with Gasteiger partial charge in [0.15, 0.2) is 5.17 Å². The van der Waals surface area contributed by atoms with E-state index in [0.29, 0.717) is 4.91 Å². The third-order valence-corrected chi connectivity index (χ3v) is 4.93. The van der Waals surface area contributed by atoms with Gasteiger partial charge in [-0.15, -0.1) is 0 Å². The number of aryl methyl sites for hydroxylation is 1. The van der Waals surface area contributed by atoms with Crippen LogP contribution in [-0.2, 0) is 9.59 Å². The Hall–Kier alpha value is -3.13. The summed E-state index contributed by atoms with van der Waals surface area (Å²) < 4.78 is 1.98. The molecule has 2 aromatic rings. The maximum absolute atomic E-state index is 12.1. The number of amides is 2. The number of amidine groups is 1. The summed E-state index contributed by atoms with van der Waals surface area (Å²) >= 11 is 1.12. The van der Waals surface area contributed by atoms with Crippen LogP contribution in [0.3, 0.4) is 0 Å². The third-order valence-electron chi connectivity index (χ3n) is 4.03. The third kappa shape index (κ3) is 3.85. The maximum atomic E-state index is 12.1. The Morgan fingerprint density at radius 1 is 1.22 bits per heavy atom. The predicted octanol–water partition coefficient (Wildman–Crippen LogP) is 2.90. The van der Waals surface area contributed by atoms with E-state index in [1.54, 1.807) is 30.3 Å². The number of hydrogen-bond donors (Lipinski definition) is 2. The maximum Gasteiger partial charge on any atom is 0.335 e. The summed E-state index contributed by atoms with van der Waals surface area (Å²) in [6.45, 7) is 5.21. The van der Waals surface area contributed by atoms with E-state index in [4.69, 9.17) is 5.11 Å². The number of nitrogens with one attached hydrogen (secondary N) is 1. The van der Waals surface area contributed by atoms with E-state index in [-0.39, 0.29) is 22.5 Å². The Morgan fingerprint density at radius 3 is 2.48 bits per heavy atom. The molecule has 1 aromatic heterocycles. The number of carboxylic acid groups (broad SMARTS) is 1. The van der Waals surface area contributed by atoms with Crippen molar-refractivity contribution in [3.05, 3.63) is 57.8 Å². The second-order valence-corrected chi connectivity index (χ2v) is 7.06. The molecule has 0 saturated heterocycles. The molecule has 0 bridgehead atoms. The van der Waals surface area contributed by atoms with Crippen LogP contribution in [0.25, 0.3) is 11.8 Å². The molecule has 0 saturated carbocycles. The molecule has 7 nitrogen and oxygen atoms in total. The van der Waals surface area contributed by atoms with Crippen LogP contribution < -0.4 is 5.32 Å². The summed E-state index contributed by atoms with van der Waals surface area (Å²) in [7, 11) is 0. The lowest BCUT2D eigenvalue weighted by molar-refractivity contribution is -0.117. The Balaban J connectivity index is 1.92. The number of rotatable bonds is 3. The Kier molecular flexibility index (Phi) is 5.00. The highest BCUT2D eigenvalue weighted by atomic mass is 32.2. The van der Waals surface area contributed by atoms with Crippen molar-refractivity contribution in [3.63, 3.8) is 0 Å². The van der Waals surface area contributed by atoms with Gasteiger partial charge in [0, 0.05) is 24.0 Å². The van der Waals surface area contributed by atoms with Crippen LogP contribution in [0.2, 0.25) is 0 Å². The van der Waals surface area contributed by atoms with Crippen molar-refractivity contribution >= 4 is 40.8 Å². The lowest BCUT2D eigenvalue weighted by Crippen LogP contribution is -2.23. The Bertz CT molecular complexity index is 1020. The highest BCUT2D eigenvalue weighted by Crippen LogP contribution is 2.30. The van der Waals surface area contributed by atoms with Crippen molar-refractivity contribution < 1.29 is 19.5 Å². The zero-order valence-electron chi connectivity index (χ0n) is 14.9. The Morgan fingerprint density at radius 2 is 1.89 bits per heavy atom. The fourth-order valence-corrected chi connectivity index (χ4v) is 3.69. The monoisotopic (exact) mass is 383 g/mol. The highest BCUT2D eigenvalue weighted by Gasteiger charge is 2.23. The van der Waals surface area contributed by atoms with Crippen LogP contribution in [-0.4, -0.2) is 32.6 Å². The molecule has 0 spiro atoms. The van der Waals surface area contributed by atoms with Gasteiger partial charge in [0.05, 0.1) is 10.5 Å². The molecule has 1 aliphatic heterocycles. The van der Waals surface area contributed by atoms with Crippen LogP contribution in [0.4, 0.5) is 0 Å². The van der Waals surface area contributed by atoms with E-state index in [1.807, 2.05) is 24.5 Å². The van der Waals surface area contributed by atoms with Gasteiger partial charge in [-0.3, -0.25) is 9.59 Å². The van der Waals surface area contributed by atoms with E-state index >= 15 is 0 Å². The standard InChI is InChI=1S/C19H17N3O4S/c1-10-8-14(9-16-17(24)21-19(27-16)20-12(3)23)11(2)22(10)15-6-4-13(5-7-15)18(25)26/h4-9H,1-3H3,(H,25,26)(H,20,21,23,24)/b16-9-. The lowest BCUT2D eigenvalue weighted by atomic mass is 10.2. The number of thioether (sulfide) groups is 1. The van der Waals surface area contributed by atoms with Crippen molar-refractivity contribution in [2.75, 3.05) is 0 Å². The smallest absolute Gasteiger partial charge is 0.335 e. The second-order valence-electron chi connectivity index (χ2n) is 6.03. The summed E-state index contributed by atoms with van der Waals surface area (Å²) in [4.78, 5) is 38.5. The van der Waals surface area contributed by atoms with Gasteiger partial charge in [-0.05, 0) is 67.6 Å². The number of benzene rings is 1. The van der Waals surface area contributed by atoms with E-state index < -0.39 is 5.97 Å². The molecule has 138 valence electrons. The molecule has 2 N–H and O–H groups in total. The second kappa shape index (κ2) is 7.24. The summed E-state index contributed by atoms with van der Waals surface area (Å²) in [6.07, 6.45) is 1.75. The molecule has 2 heterocycles. The first-order valence-corrected chi connectivity index (χ1v) is 8.90. The fraction of sp³-hybridized carbons (Fsp3) is 0.158. The van der Waals surface area contributed by atoms with Crippen molar-refractivity contribution in [2.45, 2.75) is 20.8 Å². The van der Waals surface area contributed by atoms with Crippen molar-refractivity contribution in [2.24, 2.45) is 4.99 Å². The number of nitrogens with zero attached hydrogens (tertiary/aromatic N) is 2.